The van der Waals surface area contributed by atoms with E-state index in [-0.39, 0.29) is 6.03 Å². The van der Waals surface area contributed by atoms with Crippen LogP contribution in [0.3, 0.4) is 0 Å². The minimum Gasteiger partial charge on any atom is -0.324 e. The second kappa shape index (κ2) is 6.96. The summed E-state index contributed by atoms with van der Waals surface area (Å²) >= 11 is 1.72. The first-order chi connectivity index (χ1) is 12.6. The van der Waals surface area contributed by atoms with E-state index in [9.17, 15) is 4.79 Å². The van der Waals surface area contributed by atoms with Gasteiger partial charge in [0.2, 0.25) is 0 Å². The number of rotatable bonds is 4. The number of anilines is 1. The molecule has 1 atom stereocenters. The molecule has 1 N–H and O–H groups in total. The third kappa shape index (κ3) is 3.59. The molecule has 0 aromatic carbocycles. The SMILES string of the molecule is Cc1cncc(NC(=O)N2CCC3(CC2)C[C@H]3N(C)Cc2nccs2)c1. The number of amides is 2. The first-order valence-electron chi connectivity index (χ1n) is 9.12. The van der Waals surface area contributed by atoms with Crippen LogP contribution in [0.5, 0.6) is 0 Å². The predicted octanol–water partition coefficient (Wildman–Crippen LogP) is 3.36. The van der Waals surface area contributed by atoms with Crippen LogP contribution in [0, 0.1) is 12.3 Å². The van der Waals surface area contributed by atoms with Crippen LogP contribution in [-0.4, -0.2) is 52.0 Å². The largest absolute Gasteiger partial charge is 0.324 e. The lowest BCUT2D eigenvalue weighted by Crippen LogP contribution is -2.43. The number of piperidine rings is 1. The van der Waals surface area contributed by atoms with Gasteiger partial charge in [-0.1, -0.05) is 0 Å². The molecule has 2 aliphatic rings. The van der Waals surface area contributed by atoms with E-state index in [0.29, 0.717) is 11.5 Å². The molecule has 6 nitrogen and oxygen atoms in total. The highest BCUT2D eigenvalue weighted by Gasteiger charge is 2.56. The Labute approximate surface area is 158 Å². The van der Waals surface area contributed by atoms with Crippen molar-refractivity contribution in [1.29, 1.82) is 0 Å². The molecule has 0 bridgehead atoms. The summed E-state index contributed by atoms with van der Waals surface area (Å²) in [6, 6.07) is 2.55. The minimum atomic E-state index is -0.0133. The molecule has 1 aliphatic carbocycles. The van der Waals surface area contributed by atoms with Crippen molar-refractivity contribution in [2.24, 2.45) is 5.41 Å². The summed E-state index contributed by atoms with van der Waals surface area (Å²) in [6.45, 7) is 4.55. The zero-order chi connectivity index (χ0) is 18.1. The second-order valence-electron chi connectivity index (χ2n) is 7.59. The fourth-order valence-electron chi connectivity index (χ4n) is 4.12. The highest BCUT2D eigenvalue weighted by molar-refractivity contribution is 7.09. The van der Waals surface area contributed by atoms with E-state index in [1.807, 2.05) is 29.5 Å². The molecule has 0 radical (unpaired) electrons. The monoisotopic (exact) mass is 371 g/mol. The van der Waals surface area contributed by atoms with Gasteiger partial charge in [-0.15, -0.1) is 11.3 Å². The lowest BCUT2D eigenvalue weighted by Gasteiger charge is -2.34. The summed E-state index contributed by atoms with van der Waals surface area (Å²) in [5, 5.41) is 6.18. The molecule has 4 rings (SSSR count). The first-order valence-corrected chi connectivity index (χ1v) is 10.00. The minimum absolute atomic E-state index is 0.0133. The Morgan fingerprint density at radius 1 is 1.42 bits per heavy atom. The Hall–Kier alpha value is -1.99. The molecular weight excluding hydrogens is 346 g/mol. The van der Waals surface area contributed by atoms with E-state index < -0.39 is 0 Å². The number of nitrogens with one attached hydrogen (secondary N) is 1. The molecule has 138 valence electrons. The fourth-order valence-corrected chi connectivity index (χ4v) is 4.80. The van der Waals surface area contributed by atoms with Crippen LogP contribution in [0.1, 0.15) is 29.8 Å². The average Bonchev–Trinajstić information content (AvgIpc) is 3.07. The van der Waals surface area contributed by atoms with Gasteiger partial charge in [0.05, 0.1) is 18.4 Å². The molecule has 1 saturated carbocycles. The second-order valence-corrected chi connectivity index (χ2v) is 8.57. The number of hydrogen-bond acceptors (Lipinski definition) is 5. The van der Waals surface area contributed by atoms with Crippen LogP contribution in [0.15, 0.2) is 30.0 Å². The summed E-state index contributed by atoms with van der Waals surface area (Å²) in [5.41, 5.74) is 2.21. The van der Waals surface area contributed by atoms with E-state index in [0.717, 1.165) is 43.7 Å². The Kier molecular flexibility index (Phi) is 4.67. The van der Waals surface area contributed by atoms with Crippen LogP contribution < -0.4 is 5.32 Å². The Bertz CT molecular complexity index is 770. The molecule has 2 aromatic heterocycles. The number of carbonyl (C=O) groups is 1. The molecular formula is C19H25N5OS. The molecule has 2 aromatic rings. The highest BCUT2D eigenvalue weighted by atomic mass is 32.1. The van der Waals surface area contributed by atoms with E-state index in [2.05, 4.69) is 27.2 Å². The molecule has 2 amide bonds. The van der Waals surface area contributed by atoms with Crippen molar-refractivity contribution in [3.8, 4) is 0 Å². The molecule has 7 heteroatoms. The number of aromatic nitrogens is 2. The van der Waals surface area contributed by atoms with Crippen molar-refractivity contribution in [1.82, 2.24) is 19.8 Å². The van der Waals surface area contributed by atoms with Crippen LogP contribution >= 0.6 is 11.3 Å². The summed E-state index contributed by atoms with van der Waals surface area (Å²) in [5.74, 6) is 0. The van der Waals surface area contributed by atoms with E-state index in [1.54, 1.807) is 23.7 Å². The van der Waals surface area contributed by atoms with Gasteiger partial charge < -0.3 is 10.2 Å². The normalized spacial score (nSPS) is 21.2. The fraction of sp³-hybridized carbons (Fsp3) is 0.526. The third-order valence-electron chi connectivity index (χ3n) is 5.72. The molecule has 1 aliphatic heterocycles. The topological polar surface area (TPSA) is 61.4 Å². The van der Waals surface area contributed by atoms with Crippen molar-refractivity contribution < 1.29 is 4.79 Å². The number of aryl methyl sites for hydroxylation is 1. The molecule has 1 saturated heterocycles. The molecule has 26 heavy (non-hydrogen) atoms. The Balaban J connectivity index is 1.28. The maximum atomic E-state index is 12.5. The summed E-state index contributed by atoms with van der Waals surface area (Å²) in [6.07, 6.45) is 8.76. The van der Waals surface area contributed by atoms with Crippen LogP contribution in [0.25, 0.3) is 0 Å². The van der Waals surface area contributed by atoms with Gasteiger partial charge in [0.15, 0.2) is 0 Å². The van der Waals surface area contributed by atoms with Gasteiger partial charge >= 0.3 is 6.03 Å². The third-order valence-corrected chi connectivity index (χ3v) is 6.48. The van der Waals surface area contributed by atoms with Crippen molar-refractivity contribution in [2.75, 3.05) is 25.5 Å². The summed E-state index contributed by atoms with van der Waals surface area (Å²) in [7, 11) is 2.20. The number of nitrogens with zero attached hydrogens (tertiary/aromatic N) is 4. The summed E-state index contributed by atoms with van der Waals surface area (Å²) < 4.78 is 0. The van der Waals surface area contributed by atoms with Gasteiger partial charge in [0, 0.05) is 36.9 Å². The number of urea groups is 1. The lowest BCUT2D eigenvalue weighted by molar-refractivity contribution is 0.157. The number of pyridine rings is 1. The first kappa shape index (κ1) is 17.4. The zero-order valence-corrected chi connectivity index (χ0v) is 16.1. The molecule has 3 heterocycles. The smallest absolute Gasteiger partial charge is 0.321 e. The summed E-state index contributed by atoms with van der Waals surface area (Å²) in [4.78, 5) is 25.4. The number of hydrogen-bond donors (Lipinski definition) is 1. The van der Waals surface area contributed by atoms with E-state index >= 15 is 0 Å². The standard InChI is InChI=1S/C19H25N5OS/c1-14-9-15(12-20-11-14)22-18(25)24-6-3-19(4-7-24)10-16(19)23(2)13-17-21-5-8-26-17/h5,8-9,11-12,16H,3-4,6-7,10,13H2,1-2H3,(H,22,25)/t16-/m1/s1. The number of thiazole rings is 1. The lowest BCUT2D eigenvalue weighted by atomic mass is 9.92. The van der Waals surface area contributed by atoms with Gasteiger partial charge in [-0.2, -0.15) is 0 Å². The van der Waals surface area contributed by atoms with E-state index in [4.69, 9.17) is 0 Å². The Morgan fingerprint density at radius 3 is 2.92 bits per heavy atom. The predicted molar refractivity (Wildman–Crippen MR) is 103 cm³/mol. The van der Waals surface area contributed by atoms with Gasteiger partial charge in [-0.3, -0.25) is 9.88 Å². The van der Waals surface area contributed by atoms with Crippen molar-refractivity contribution in [2.45, 2.75) is 38.8 Å². The van der Waals surface area contributed by atoms with Gasteiger partial charge in [-0.25, -0.2) is 9.78 Å². The van der Waals surface area contributed by atoms with E-state index in [1.165, 1.54) is 11.4 Å². The van der Waals surface area contributed by atoms with Gasteiger partial charge in [-0.05, 0) is 50.3 Å². The van der Waals surface area contributed by atoms with Crippen LogP contribution in [0.4, 0.5) is 10.5 Å². The van der Waals surface area contributed by atoms with Crippen LogP contribution in [0.2, 0.25) is 0 Å². The van der Waals surface area contributed by atoms with Crippen molar-refractivity contribution in [3.63, 3.8) is 0 Å². The number of carbonyl (C=O) groups excluding carboxylic acids is 1. The number of likely N-dealkylation sites (tertiary alicyclic amines) is 1. The van der Waals surface area contributed by atoms with Gasteiger partial charge in [0.25, 0.3) is 0 Å². The van der Waals surface area contributed by atoms with Crippen LogP contribution in [-0.2, 0) is 6.54 Å². The average molecular weight is 372 g/mol. The highest BCUT2D eigenvalue weighted by Crippen LogP contribution is 2.56. The Morgan fingerprint density at radius 2 is 2.23 bits per heavy atom. The van der Waals surface area contributed by atoms with Crippen molar-refractivity contribution in [3.05, 3.63) is 40.6 Å². The molecule has 2 fully saturated rings. The molecule has 0 unspecified atom stereocenters. The quantitative estimate of drug-likeness (QED) is 0.895. The molecule has 1 spiro atoms. The maximum absolute atomic E-state index is 12.5. The van der Waals surface area contributed by atoms with Gasteiger partial charge in [0.1, 0.15) is 5.01 Å². The zero-order valence-electron chi connectivity index (χ0n) is 15.3. The maximum Gasteiger partial charge on any atom is 0.321 e. The van der Waals surface area contributed by atoms with Crippen molar-refractivity contribution >= 4 is 23.1 Å².